The molecule has 0 saturated carbocycles. The van der Waals surface area contributed by atoms with Crippen LogP contribution in [0, 0.1) is 20.8 Å². The first-order valence-corrected chi connectivity index (χ1v) is 6.92. The lowest BCUT2D eigenvalue weighted by atomic mass is 10.0. The molecule has 104 valence electrons. The number of hydrogen-bond acceptors (Lipinski definition) is 1. The molecule has 20 heavy (non-hydrogen) atoms. The summed E-state index contributed by atoms with van der Waals surface area (Å²) in [4.78, 5) is 12.4. The van der Waals surface area contributed by atoms with E-state index in [2.05, 4.69) is 24.4 Å². The summed E-state index contributed by atoms with van der Waals surface area (Å²) in [6.45, 7) is 8.09. The number of carbonyl (C=O) groups excluding carboxylic acids is 1. The Balaban J connectivity index is 2.17. The molecule has 0 heterocycles. The average Bonchev–Trinajstić information content (AvgIpc) is 2.38. The minimum Gasteiger partial charge on any atom is -0.346 e. The van der Waals surface area contributed by atoms with Crippen molar-refractivity contribution in [1.82, 2.24) is 5.32 Å². The summed E-state index contributed by atoms with van der Waals surface area (Å²) in [6, 6.07) is 14.0. The number of benzene rings is 2. The topological polar surface area (TPSA) is 29.1 Å². The number of hydrogen-bond donors (Lipinski definition) is 1. The highest BCUT2D eigenvalue weighted by Crippen LogP contribution is 2.18. The zero-order chi connectivity index (χ0) is 14.7. The molecule has 1 N–H and O–H groups in total. The van der Waals surface area contributed by atoms with Gasteiger partial charge >= 0.3 is 0 Å². The van der Waals surface area contributed by atoms with E-state index in [9.17, 15) is 4.79 Å². The Hall–Kier alpha value is -2.09. The van der Waals surface area contributed by atoms with Gasteiger partial charge < -0.3 is 5.32 Å². The minimum absolute atomic E-state index is 0.00408. The van der Waals surface area contributed by atoms with E-state index in [1.165, 1.54) is 11.1 Å². The highest BCUT2D eigenvalue weighted by atomic mass is 16.1. The molecule has 0 aliphatic carbocycles. The Morgan fingerprint density at radius 2 is 1.70 bits per heavy atom. The Morgan fingerprint density at radius 1 is 1.00 bits per heavy atom. The van der Waals surface area contributed by atoms with E-state index < -0.39 is 0 Å². The third-order valence-electron chi connectivity index (χ3n) is 3.63. The molecule has 0 unspecified atom stereocenters. The van der Waals surface area contributed by atoms with E-state index >= 15 is 0 Å². The van der Waals surface area contributed by atoms with Gasteiger partial charge in [0.2, 0.25) is 0 Å². The molecular formula is C18H21NO. The number of aryl methyl sites for hydroxylation is 3. The van der Waals surface area contributed by atoms with Crippen LogP contribution in [0.4, 0.5) is 0 Å². The number of nitrogens with one attached hydrogen (secondary N) is 1. The molecule has 2 aromatic carbocycles. The van der Waals surface area contributed by atoms with Gasteiger partial charge in [0.25, 0.3) is 5.91 Å². The standard InChI is InChI=1S/C18H21NO/c1-12-9-10-17(14(3)11-12)18(20)19-15(4)16-8-6-5-7-13(16)2/h5-11,15H,1-4H3,(H,19,20)/t15-/m0/s1. The molecule has 0 aliphatic heterocycles. The van der Waals surface area contributed by atoms with Crippen LogP contribution in [0.15, 0.2) is 42.5 Å². The zero-order valence-electron chi connectivity index (χ0n) is 12.5. The van der Waals surface area contributed by atoms with Crippen LogP contribution in [0.5, 0.6) is 0 Å². The van der Waals surface area contributed by atoms with Crippen molar-refractivity contribution in [1.29, 1.82) is 0 Å². The molecule has 2 aromatic rings. The zero-order valence-corrected chi connectivity index (χ0v) is 12.5. The van der Waals surface area contributed by atoms with Crippen LogP contribution in [0.1, 0.15) is 45.6 Å². The van der Waals surface area contributed by atoms with Crippen LogP contribution < -0.4 is 5.32 Å². The second kappa shape index (κ2) is 5.91. The molecule has 0 spiro atoms. The lowest BCUT2D eigenvalue weighted by Crippen LogP contribution is -2.27. The van der Waals surface area contributed by atoms with Crippen LogP contribution in [-0.4, -0.2) is 5.91 Å². The quantitative estimate of drug-likeness (QED) is 0.891. The largest absolute Gasteiger partial charge is 0.346 e. The second-order valence-corrected chi connectivity index (χ2v) is 5.37. The maximum absolute atomic E-state index is 12.4. The maximum atomic E-state index is 12.4. The summed E-state index contributed by atoms with van der Waals surface area (Å²) >= 11 is 0. The molecule has 1 amide bonds. The molecule has 2 nitrogen and oxygen atoms in total. The van der Waals surface area contributed by atoms with Crippen molar-refractivity contribution in [2.75, 3.05) is 0 Å². The van der Waals surface area contributed by atoms with Crippen molar-refractivity contribution in [3.05, 3.63) is 70.3 Å². The monoisotopic (exact) mass is 267 g/mol. The summed E-state index contributed by atoms with van der Waals surface area (Å²) in [6.07, 6.45) is 0. The van der Waals surface area contributed by atoms with Crippen LogP contribution in [0.2, 0.25) is 0 Å². The first kappa shape index (κ1) is 14.3. The predicted octanol–water partition coefficient (Wildman–Crippen LogP) is 4.10. The first-order valence-electron chi connectivity index (χ1n) is 6.92. The van der Waals surface area contributed by atoms with Crippen molar-refractivity contribution in [2.24, 2.45) is 0 Å². The third-order valence-corrected chi connectivity index (χ3v) is 3.63. The lowest BCUT2D eigenvalue weighted by molar-refractivity contribution is 0.0939. The summed E-state index contributed by atoms with van der Waals surface area (Å²) in [5.41, 5.74) is 5.29. The fourth-order valence-electron chi connectivity index (χ4n) is 2.49. The smallest absolute Gasteiger partial charge is 0.252 e. The molecule has 1 atom stereocenters. The van der Waals surface area contributed by atoms with Gasteiger partial charge in [-0.05, 0) is 50.5 Å². The van der Waals surface area contributed by atoms with Crippen molar-refractivity contribution < 1.29 is 4.79 Å². The molecule has 2 heteroatoms. The molecule has 0 saturated heterocycles. The highest BCUT2D eigenvalue weighted by Gasteiger charge is 2.14. The highest BCUT2D eigenvalue weighted by molar-refractivity contribution is 5.95. The van der Waals surface area contributed by atoms with Crippen LogP contribution >= 0.6 is 0 Å². The second-order valence-electron chi connectivity index (χ2n) is 5.37. The Labute approximate surface area is 120 Å². The van der Waals surface area contributed by atoms with Gasteiger partial charge in [-0.1, -0.05) is 42.0 Å². The fraction of sp³-hybridized carbons (Fsp3) is 0.278. The Morgan fingerprint density at radius 3 is 2.35 bits per heavy atom. The number of rotatable bonds is 3. The van der Waals surface area contributed by atoms with E-state index in [-0.39, 0.29) is 11.9 Å². The molecular weight excluding hydrogens is 246 g/mol. The van der Waals surface area contributed by atoms with Gasteiger partial charge in [0.15, 0.2) is 0 Å². The third kappa shape index (κ3) is 3.08. The molecule has 0 radical (unpaired) electrons. The van der Waals surface area contributed by atoms with E-state index in [1.807, 2.05) is 51.1 Å². The summed E-state index contributed by atoms with van der Waals surface area (Å²) in [5, 5.41) is 3.07. The molecule has 2 rings (SSSR count). The molecule has 0 aromatic heterocycles. The fourth-order valence-corrected chi connectivity index (χ4v) is 2.49. The van der Waals surface area contributed by atoms with Crippen LogP contribution in [-0.2, 0) is 0 Å². The van der Waals surface area contributed by atoms with E-state index in [0.29, 0.717) is 0 Å². The van der Waals surface area contributed by atoms with Crippen molar-refractivity contribution in [2.45, 2.75) is 33.7 Å². The Kier molecular flexibility index (Phi) is 4.23. The molecule has 0 aliphatic rings. The van der Waals surface area contributed by atoms with E-state index in [0.717, 1.165) is 16.7 Å². The van der Waals surface area contributed by atoms with Gasteiger partial charge in [0.05, 0.1) is 6.04 Å². The average molecular weight is 267 g/mol. The summed E-state index contributed by atoms with van der Waals surface area (Å²) in [7, 11) is 0. The summed E-state index contributed by atoms with van der Waals surface area (Å²) < 4.78 is 0. The molecule has 0 bridgehead atoms. The van der Waals surface area contributed by atoms with E-state index in [4.69, 9.17) is 0 Å². The van der Waals surface area contributed by atoms with Gasteiger partial charge in [-0.25, -0.2) is 0 Å². The van der Waals surface area contributed by atoms with Crippen LogP contribution in [0.3, 0.4) is 0 Å². The van der Waals surface area contributed by atoms with Gasteiger partial charge in [-0.2, -0.15) is 0 Å². The normalized spacial score (nSPS) is 12.0. The minimum atomic E-state index is -0.0155. The van der Waals surface area contributed by atoms with Crippen molar-refractivity contribution in [3.8, 4) is 0 Å². The van der Waals surface area contributed by atoms with Crippen molar-refractivity contribution >= 4 is 5.91 Å². The SMILES string of the molecule is Cc1ccc(C(=O)N[C@@H](C)c2ccccc2C)c(C)c1. The number of amides is 1. The predicted molar refractivity (Wildman–Crippen MR) is 83.0 cm³/mol. The van der Waals surface area contributed by atoms with Gasteiger partial charge in [0, 0.05) is 5.56 Å². The number of carbonyl (C=O) groups is 1. The van der Waals surface area contributed by atoms with E-state index in [1.54, 1.807) is 0 Å². The van der Waals surface area contributed by atoms with Crippen molar-refractivity contribution in [3.63, 3.8) is 0 Å². The summed E-state index contributed by atoms with van der Waals surface area (Å²) in [5.74, 6) is -0.0155. The Bertz CT molecular complexity index is 631. The maximum Gasteiger partial charge on any atom is 0.252 e. The van der Waals surface area contributed by atoms with Crippen LogP contribution in [0.25, 0.3) is 0 Å². The van der Waals surface area contributed by atoms with Gasteiger partial charge in [-0.3, -0.25) is 4.79 Å². The van der Waals surface area contributed by atoms with Gasteiger partial charge in [0.1, 0.15) is 0 Å². The van der Waals surface area contributed by atoms with Gasteiger partial charge in [-0.15, -0.1) is 0 Å². The molecule has 0 fully saturated rings. The first-order chi connectivity index (χ1) is 9.49. The lowest BCUT2D eigenvalue weighted by Gasteiger charge is -2.17.